The fourth-order valence-corrected chi connectivity index (χ4v) is 2.20. The maximum absolute atomic E-state index is 10.7. The molecule has 0 bridgehead atoms. The topological polar surface area (TPSA) is 93.8 Å². The molecule has 104 valence electrons. The summed E-state index contributed by atoms with van der Waals surface area (Å²) in [4.78, 5) is 10.7. The Bertz CT molecular complexity index is 464. The molecule has 1 aromatic carbocycles. The van der Waals surface area contributed by atoms with Gasteiger partial charge in [0.25, 0.3) is 0 Å². The Labute approximate surface area is 111 Å². The lowest BCUT2D eigenvalue weighted by atomic mass is 9.97. The summed E-state index contributed by atoms with van der Waals surface area (Å²) in [6.45, 7) is 1.06. The van der Waals surface area contributed by atoms with Gasteiger partial charge >= 0.3 is 5.97 Å². The average Bonchev–Trinajstić information content (AvgIpc) is 2.38. The van der Waals surface area contributed by atoms with Gasteiger partial charge in [-0.15, -0.1) is 0 Å². The molecule has 6 heteroatoms. The fraction of sp³-hybridized carbons (Fsp3) is 0.462. The van der Waals surface area contributed by atoms with Gasteiger partial charge in [-0.1, -0.05) is 6.07 Å². The van der Waals surface area contributed by atoms with Crippen LogP contribution in [0.5, 0.6) is 11.5 Å². The Morgan fingerprint density at radius 1 is 1.42 bits per heavy atom. The largest absolute Gasteiger partial charge is 0.486 e. The van der Waals surface area contributed by atoms with Gasteiger partial charge in [-0.05, 0) is 24.7 Å². The van der Waals surface area contributed by atoms with Gasteiger partial charge in [0.15, 0.2) is 11.5 Å². The van der Waals surface area contributed by atoms with Gasteiger partial charge < -0.3 is 25.6 Å². The van der Waals surface area contributed by atoms with Crippen LogP contribution in [0.25, 0.3) is 0 Å². The molecule has 1 heterocycles. The second-order valence-electron chi connectivity index (χ2n) is 4.43. The predicted molar refractivity (Wildman–Crippen MR) is 69.5 cm³/mol. The van der Waals surface area contributed by atoms with E-state index >= 15 is 0 Å². The van der Waals surface area contributed by atoms with Gasteiger partial charge in [0.05, 0.1) is 6.42 Å². The molecular weight excluding hydrogens is 248 g/mol. The molecule has 0 aliphatic carbocycles. The zero-order valence-corrected chi connectivity index (χ0v) is 10.8. The lowest BCUT2D eigenvalue weighted by Crippen LogP contribution is -2.38. The van der Waals surface area contributed by atoms with Crippen LogP contribution in [0.2, 0.25) is 0 Å². The van der Waals surface area contributed by atoms with Crippen LogP contribution in [0, 0.1) is 0 Å². The van der Waals surface area contributed by atoms with E-state index in [-0.39, 0.29) is 12.5 Å². The second-order valence-corrected chi connectivity index (χ2v) is 4.43. The van der Waals surface area contributed by atoms with Crippen LogP contribution in [0.15, 0.2) is 18.2 Å². The van der Waals surface area contributed by atoms with Crippen LogP contribution in [0.3, 0.4) is 0 Å². The summed E-state index contributed by atoms with van der Waals surface area (Å²) >= 11 is 0. The van der Waals surface area contributed by atoms with E-state index in [1.165, 1.54) is 0 Å². The smallest absolute Gasteiger partial charge is 0.304 e. The highest BCUT2D eigenvalue weighted by Crippen LogP contribution is 2.33. The van der Waals surface area contributed by atoms with Crippen LogP contribution in [0.4, 0.5) is 0 Å². The minimum Gasteiger partial charge on any atom is -0.486 e. The van der Waals surface area contributed by atoms with Gasteiger partial charge in [0.1, 0.15) is 13.2 Å². The number of nitrogens with one attached hydrogen (secondary N) is 1. The fourth-order valence-electron chi connectivity index (χ4n) is 2.20. The highest BCUT2D eigenvalue weighted by atomic mass is 16.6. The number of carboxylic acids is 1. The van der Waals surface area contributed by atoms with Crippen LogP contribution >= 0.6 is 0 Å². The van der Waals surface area contributed by atoms with Crippen LogP contribution in [0.1, 0.15) is 18.0 Å². The summed E-state index contributed by atoms with van der Waals surface area (Å²) in [5.74, 6) is 0.466. The Morgan fingerprint density at radius 2 is 2.11 bits per heavy atom. The van der Waals surface area contributed by atoms with Crippen molar-refractivity contribution in [1.29, 1.82) is 0 Å². The number of carboxylic acid groups (broad SMARTS) is 1. The van der Waals surface area contributed by atoms with Crippen molar-refractivity contribution in [2.24, 2.45) is 5.73 Å². The molecule has 1 aliphatic heterocycles. The molecule has 4 N–H and O–H groups in total. The first-order valence-corrected chi connectivity index (χ1v) is 6.16. The van der Waals surface area contributed by atoms with Gasteiger partial charge in [-0.3, -0.25) is 4.79 Å². The third kappa shape index (κ3) is 3.15. The first kappa shape index (κ1) is 13.6. The molecule has 2 atom stereocenters. The van der Waals surface area contributed by atoms with Crippen molar-refractivity contribution in [3.8, 4) is 11.5 Å². The standard InChI is InChI=1S/C13H18N2O4/c1-15-13(9(14)7-12(16)17)8-2-3-10-11(6-8)19-5-4-18-10/h2-3,6,9,13,15H,4-5,7,14H2,1H3,(H,16,17). The van der Waals surface area contributed by atoms with Crippen molar-refractivity contribution in [1.82, 2.24) is 5.32 Å². The van der Waals surface area contributed by atoms with E-state index in [0.29, 0.717) is 24.7 Å². The predicted octanol–water partition coefficient (Wildman–Crippen LogP) is 0.520. The summed E-state index contributed by atoms with van der Waals surface area (Å²) in [6.07, 6.45) is -0.0973. The highest BCUT2D eigenvalue weighted by molar-refractivity contribution is 5.67. The molecule has 0 fully saturated rings. The van der Waals surface area contributed by atoms with Crippen molar-refractivity contribution in [2.75, 3.05) is 20.3 Å². The van der Waals surface area contributed by atoms with Gasteiger partial charge in [0.2, 0.25) is 0 Å². The van der Waals surface area contributed by atoms with E-state index in [1.54, 1.807) is 7.05 Å². The molecule has 0 spiro atoms. The lowest BCUT2D eigenvalue weighted by Gasteiger charge is -2.25. The summed E-state index contributed by atoms with van der Waals surface area (Å²) < 4.78 is 11.0. The minimum atomic E-state index is -0.912. The van der Waals surface area contributed by atoms with Crippen LogP contribution in [-0.2, 0) is 4.79 Å². The number of carbonyl (C=O) groups is 1. The maximum Gasteiger partial charge on any atom is 0.304 e. The molecule has 2 rings (SSSR count). The number of fused-ring (bicyclic) bond motifs is 1. The van der Waals surface area contributed by atoms with Crippen molar-refractivity contribution >= 4 is 5.97 Å². The van der Waals surface area contributed by atoms with E-state index < -0.39 is 12.0 Å². The monoisotopic (exact) mass is 266 g/mol. The number of ether oxygens (including phenoxy) is 2. The Balaban J connectivity index is 2.20. The van der Waals surface area contributed by atoms with Crippen molar-refractivity contribution < 1.29 is 19.4 Å². The maximum atomic E-state index is 10.7. The summed E-state index contributed by atoms with van der Waals surface area (Å²) in [7, 11) is 1.75. The third-order valence-electron chi connectivity index (χ3n) is 3.07. The molecule has 1 aromatic rings. The van der Waals surface area contributed by atoms with Gasteiger partial charge in [-0.2, -0.15) is 0 Å². The molecule has 2 unspecified atom stereocenters. The third-order valence-corrected chi connectivity index (χ3v) is 3.07. The number of benzene rings is 1. The number of likely N-dealkylation sites (N-methyl/N-ethyl adjacent to an activating group) is 1. The van der Waals surface area contributed by atoms with Crippen molar-refractivity contribution in [3.63, 3.8) is 0 Å². The normalized spacial score (nSPS) is 16.7. The quantitative estimate of drug-likeness (QED) is 0.719. The van der Waals surface area contributed by atoms with Gasteiger partial charge in [0, 0.05) is 12.1 Å². The van der Waals surface area contributed by atoms with E-state index in [0.717, 1.165) is 5.56 Å². The lowest BCUT2D eigenvalue weighted by molar-refractivity contribution is -0.137. The van der Waals surface area contributed by atoms with Crippen molar-refractivity contribution in [2.45, 2.75) is 18.5 Å². The van der Waals surface area contributed by atoms with Gasteiger partial charge in [-0.25, -0.2) is 0 Å². The number of hydrogen-bond acceptors (Lipinski definition) is 5. The number of nitrogens with two attached hydrogens (primary N) is 1. The average molecular weight is 266 g/mol. The first-order valence-electron chi connectivity index (χ1n) is 6.16. The molecule has 0 saturated carbocycles. The summed E-state index contributed by atoms with van der Waals surface area (Å²) in [6, 6.07) is 4.78. The molecular formula is C13H18N2O4. The Hall–Kier alpha value is -1.79. The van der Waals surface area contributed by atoms with Crippen LogP contribution < -0.4 is 20.5 Å². The van der Waals surface area contributed by atoms with Crippen LogP contribution in [-0.4, -0.2) is 37.4 Å². The van der Waals surface area contributed by atoms with E-state index in [9.17, 15) is 4.79 Å². The Kier molecular flexibility index (Phi) is 4.24. The zero-order chi connectivity index (χ0) is 13.8. The van der Waals surface area contributed by atoms with E-state index in [2.05, 4.69) is 5.32 Å². The molecule has 0 aromatic heterocycles. The second kappa shape index (κ2) is 5.90. The van der Waals surface area contributed by atoms with E-state index in [1.807, 2.05) is 18.2 Å². The Morgan fingerprint density at radius 3 is 2.74 bits per heavy atom. The molecule has 1 aliphatic rings. The first-order chi connectivity index (χ1) is 9.11. The molecule has 19 heavy (non-hydrogen) atoms. The summed E-state index contributed by atoms with van der Waals surface area (Å²) in [5, 5.41) is 11.9. The number of hydrogen-bond donors (Lipinski definition) is 3. The summed E-state index contributed by atoms with van der Waals surface area (Å²) in [5.41, 5.74) is 6.81. The number of rotatable bonds is 5. The molecule has 0 saturated heterocycles. The minimum absolute atomic E-state index is 0.0973. The SMILES string of the molecule is CNC(c1ccc2c(c1)OCCO2)C(N)CC(=O)O. The zero-order valence-electron chi connectivity index (χ0n) is 10.8. The molecule has 0 radical (unpaired) electrons. The van der Waals surface area contributed by atoms with E-state index in [4.69, 9.17) is 20.3 Å². The molecule has 0 amide bonds. The molecule has 6 nitrogen and oxygen atoms in total. The highest BCUT2D eigenvalue weighted by Gasteiger charge is 2.22. The van der Waals surface area contributed by atoms with Crippen molar-refractivity contribution in [3.05, 3.63) is 23.8 Å². The number of aliphatic carboxylic acids is 1.